The van der Waals surface area contributed by atoms with Crippen LogP contribution in [0.25, 0.3) is 0 Å². The maximum Gasteiger partial charge on any atom is 0.130 e. The molecule has 2 aromatic heterocycles. The van der Waals surface area contributed by atoms with Crippen LogP contribution in [0.5, 0.6) is 0 Å². The molecule has 0 amide bonds. The lowest BCUT2D eigenvalue weighted by Gasteiger charge is -2.03. The van der Waals surface area contributed by atoms with Gasteiger partial charge in [0.15, 0.2) is 0 Å². The van der Waals surface area contributed by atoms with Crippen molar-refractivity contribution in [2.45, 2.75) is 29.8 Å². The fraction of sp³-hybridized carbons (Fsp3) is 0.273. The van der Waals surface area contributed by atoms with E-state index in [1.54, 1.807) is 6.20 Å². The van der Waals surface area contributed by atoms with Crippen LogP contribution in [0.15, 0.2) is 39.3 Å². The molecule has 0 fully saturated rings. The first kappa shape index (κ1) is 12.4. The summed E-state index contributed by atoms with van der Waals surface area (Å²) in [5, 5.41) is 1.78. The summed E-state index contributed by atoms with van der Waals surface area (Å²) < 4.78 is 0.813. The van der Waals surface area contributed by atoms with Crippen LogP contribution in [-0.2, 0) is 6.42 Å². The van der Waals surface area contributed by atoms with Gasteiger partial charge < -0.3 is 0 Å². The minimum atomic E-state index is 0.813. The van der Waals surface area contributed by atoms with Crippen LogP contribution in [-0.4, -0.2) is 19.9 Å². The van der Waals surface area contributed by atoms with Crippen molar-refractivity contribution in [3.63, 3.8) is 0 Å². The maximum absolute atomic E-state index is 4.48. The lowest BCUT2D eigenvalue weighted by molar-refractivity contribution is 0.802. The van der Waals surface area contributed by atoms with Crippen molar-refractivity contribution in [2.75, 3.05) is 0 Å². The second-order valence-electron chi connectivity index (χ2n) is 3.34. The molecule has 88 valence electrons. The second-order valence-corrected chi connectivity index (χ2v) is 5.20. The van der Waals surface area contributed by atoms with Crippen LogP contribution in [0.1, 0.15) is 19.2 Å². The van der Waals surface area contributed by atoms with Gasteiger partial charge in [0.2, 0.25) is 0 Å². The molecular weight excluding hydrogens is 300 g/mol. The third-order valence-electron chi connectivity index (χ3n) is 1.96. The average molecular weight is 311 g/mol. The molecule has 0 aromatic carbocycles. The smallest absolute Gasteiger partial charge is 0.130 e. The Hall–Kier alpha value is -1.01. The topological polar surface area (TPSA) is 51.6 Å². The first-order valence-electron chi connectivity index (χ1n) is 5.25. The summed E-state index contributed by atoms with van der Waals surface area (Å²) in [7, 11) is 0. The highest BCUT2D eigenvalue weighted by atomic mass is 79.9. The summed E-state index contributed by atoms with van der Waals surface area (Å²) in [6.07, 6.45) is 5.18. The van der Waals surface area contributed by atoms with Crippen LogP contribution in [0.2, 0.25) is 0 Å². The van der Waals surface area contributed by atoms with E-state index in [0.29, 0.717) is 0 Å². The van der Waals surface area contributed by atoms with E-state index in [9.17, 15) is 0 Å². The summed E-state index contributed by atoms with van der Waals surface area (Å²) >= 11 is 4.91. The lowest BCUT2D eigenvalue weighted by atomic mass is 10.3. The Morgan fingerprint density at radius 1 is 1.29 bits per heavy atom. The van der Waals surface area contributed by atoms with Gasteiger partial charge in [-0.1, -0.05) is 6.92 Å². The molecule has 0 spiro atoms. The molecule has 0 aliphatic rings. The highest BCUT2D eigenvalue weighted by molar-refractivity contribution is 9.10. The quantitative estimate of drug-likeness (QED) is 0.812. The van der Waals surface area contributed by atoms with Crippen molar-refractivity contribution < 1.29 is 0 Å². The summed E-state index contributed by atoms with van der Waals surface area (Å²) in [4.78, 5) is 16.8. The predicted octanol–water partition coefficient (Wildman–Crippen LogP) is 3.13. The summed E-state index contributed by atoms with van der Waals surface area (Å²) in [5.41, 5.74) is 0. The van der Waals surface area contributed by atoms with E-state index in [1.807, 2.05) is 12.1 Å². The maximum atomic E-state index is 4.48. The van der Waals surface area contributed by atoms with Crippen LogP contribution in [0.3, 0.4) is 0 Å². The Kier molecular flexibility index (Phi) is 4.44. The van der Waals surface area contributed by atoms with Gasteiger partial charge in [0.05, 0.1) is 0 Å². The largest absolute Gasteiger partial charge is 0.245 e. The highest BCUT2D eigenvalue weighted by Gasteiger charge is 2.05. The molecule has 0 bridgehead atoms. The zero-order chi connectivity index (χ0) is 12.1. The van der Waals surface area contributed by atoms with Crippen LogP contribution in [0.4, 0.5) is 0 Å². The monoisotopic (exact) mass is 310 g/mol. The standard InChI is InChI=1S/C11H11BrN4S/c1-2-3-9-15-8(12)6-11(16-9)17-10-4-5-13-7-14-10/h4-7H,2-3H2,1H3. The molecule has 17 heavy (non-hydrogen) atoms. The molecule has 0 aliphatic heterocycles. The first-order chi connectivity index (χ1) is 8.28. The van der Waals surface area contributed by atoms with Gasteiger partial charge in [0, 0.05) is 18.7 Å². The number of nitrogens with zero attached hydrogens (tertiary/aromatic N) is 4. The third kappa shape index (κ3) is 3.74. The van der Waals surface area contributed by atoms with Gasteiger partial charge in [-0.05, 0) is 40.2 Å². The van der Waals surface area contributed by atoms with Gasteiger partial charge >= 0.3 is 0 Å². The molecular formula is C11H11BrN4S. The number of aryl methyl sites for hydroxylation is 1. The van der Waals surface area contributed by atoms with Gasteiger partial charge in [0.1, 0.15) is 26.8 Å². The van der Waals surface area contributed by atoms with Crippen LogP contribution >= 0.6 is 27.7 Å². The molecule has 4 nitrogen and oxygen atoms in total. The predicted molar refractivity (Wildman–Crippen MR) is 69.9 cm³/mol. The number of hydrogen-bond acceptors (Lipinski definition) is 5. The van der Waals surface area contributed by atoms with Gasteiger partial charge in [-0.25, -0.2) is 19.9 Å². The molecule has 0 unspecified atom stereocenters. The van der Waals surface area contributed by atoms with E-state index in [1.165, 1.54) is 18.1 Å². The van der Waals surface area contributed by atoms with E-state index in [-0.39, 0.29) is 0 Å². The molecule has 2 rings (SSSR count). The lowest BCUT2D eigenvalue weighted by Crippen LogP contribution is -1.96. The van der Waals surface area contributed by atoms with Crippen molar-refractivity contribution in [2.24, 2.45) is 0 Å². The molecule has 2 aromatic rings. The minimum Gasteiger partial charge on any atom is -0.245 e. The van der Waals surface area contributed by atoms with E-state index in [2.05, 4.69) is 42.8 Å². The molecule has 2 heterocycles. The fourth-order valence-electron chi connectivity index (χ4n) is 1.28. The van der Waals surface area contributed by atoms with Crippen molar-refractivity contribution in [1.82, 2.24) is 19.9 Å². The minimum absolute atomic E-state index is 0.813. The van der Waals surface area contributed by atoms with Gasteiger partial charge in [0.25, 0.3) is 0 Å². The molecule has 0 saturated heterocycles. The first-order valence-corrected chi connectivity index (χ1v) is 6.86. The van der Waals surface area contributed by atoms with Crippen LogP contribution < -0.4 is 0 Å². The number of rotatable bonds is 4. The zero-order valence-corrected chi connectivity index (χ0v) is 11.7. The third-order valence-corrected chi connectivity index (χ3v) is 3.23. The summed E-state index contributed by atoms with van der Waals surface area (Å²) in [5.74, 6) is 0.860. The summed E-state index contributed by atoms with van der Waals surface area (Å²) in [6, 6.07) is 3.76. The second kappa shape index (κ2) is 6.07. The zero-order valence-electron chi connectivity index (χ0n) is 9.30. The SMILES string of the molecule is CCCc1nc(Br)cc(Sc2ccncn2)n1. The van der Waals surface area contributed by atoms with Gasteiger partial charge in [-0.2, -0.15) is 0 Å². The summed E-state index contributed by atoms with van der Waals surface area (Å²) in [6.45, 7) is 2.11. The van der Waals surface area contributed by atoms with E-state index >= 15 is 0 Å². The molecule has 0 aliphatic carbocycles. The van der Waals surface area contributed by atoms with Crippen LogP contribution in [0, 0.1) is 0 Å². The van der Waals surface area contributed by atoms with E-state index in [0.717, 1.165) is 33.3 Å². The highest BCUT2D eigenvalue weighted by Crippen LogP contribution is 2.25. The van der Waals surface area contributed by atoms with E-state index < -0.39 is 0 Å². The van der Waals surface area contributed by atoms with E-state index in [4.69, 9.17) is 0 Å². The molecule has 0 saturated carbocycles. The van der Waals surface area contributed by atoms with Gasteiger partial charge in [-0.15, -0.1) is 0 Å². The van der Waals surface area contributed by atoms with Crippen molar-refractivity contribution in [1.29, 1.82) is 0 Å². The Morgan fingerprint density at radius 2 is 2.18 bits per heavy atom. The molecule has 0 atom stereocenters. The number of aromatic nitrogens is 4. The molecule has 0 N–H and O–H groups in total. The Morgan fingerprint density at radius 3 is 2.88 bits per heavy atom. The molecule has 0 radical (unpaired) electrons. The normalized spacial score (nSPS) is 10.5. The Labute approximate surface area is 112 Å². The Balaban J connectivity index is 2.21. The molecule has 6 heteroatoms. The van der Waals surface area contributed by atoms with Crippen molar-refractivity contribution >= 4 is 27.7 Å². The van der Waals surface area contributed by atoms with Gasteiger partial charge in [-0.3, -0.25) is 0 Å². The average Bonchev–Trinajstić information content (AvgIpc) is 2.30. The fourth-order valence-corrected chi connectivity index (χ4v) is 2.61. The number of halogens is 1. The Bertz CT molecular complexity index is 492. The van der Waals surface area contributed by atoms with Crippen molar-refractivity contribution in [3.8, 4) is 0 Å². The number of hydrogen-bond donors (Lipinski definition) is 0. The van der Waals surface area contributed by atoms with Crippen molar-refractivity contribution in [3.05, 3.63) is 35.1 Å².